The average molecular weight is 287 g/mol. The molecule has 0 aromatic heterocycles. The van der Waals surface area contributed by atoms with Gasteiger partial charge in [0.05, 0.1) is 19.1 Å². The van der Waals surface area contributed by atoms with E-state index in [1.165, 1.54) is 16.3 Å². The van der Waals surface area contributed by atoms with Gasteiger partial charge in [0.25, 0.3) is 0 Å². The third-order valence-electron chi connectivity index (χ3n) is 3.96. The molecule has 0 aliphatic carbocycles. The maximum Gasteiger partial charge on any atom is 0.119 e. The van der Waals surface area contributed by atoms with Crippen molar-refractivity contribution in [1.82, 2.24) is 0 Å². The molecule has 3 aromatic rings. The minimum Gasteiger partial charge on any atom is -0.497 e. The molecule has 0 heterocycles. The lowest BCUT2D eigenvalue weighted by atomic mass is 9.90. The average Bonchev–Trinajstić information content (AvgIpc) is 2.59. The summed E-state index contributed by atoms with van der Waals surface area (Å²) in [5, 5.41) is 12.0. The maximum absolute atomic E-state index is 9.59. The fourth-order valence-electron chi connectivity index (χ4n) is 2.79. The fraction of sp³-hybridized carbons (Fsp3) is 0.150. The molecule has 0 amide bonds. The van der Waals surface area contributed by atoms with Crippen LogP contribution >= 0.6 is 0 Å². The van der Waals surface area contributed by atoms with Crippen LogP contribution in [0.3, 0.4) is 0 Å². The number of hydrogen-bond acceptors (Lipinski definition) is 2. The summed E-state index contributed by atoms with van der Waals surface area (Å²) in [6.45, 7) is 0. The number of benzene rings is 3. The Morgan fingerprint density at radius 2 is 1.77 bits per heavy atom. The standard InChI is InChI=1S/C20H17NO/c1-22-19-10-5-8-16(13-19)18(14-21)12-17-9-4-7-15-6-2-3-11-20(15)17/h2-11,13,18H,12H2,1H3. The van der Waals surface area contributed by atoms with Gasteiger partial charge in [-0.05, 0) is 40.5 Å². The Hall–Kier alpha value is -2.79. The third-order valence-corrected chi connectivity index (χ3v) is 3.96. The van der Waals surface area contributed by atoms with Crippen LogP contribution in [-0.4, -0.2) is 7.11 Å². The van der Waals surface area contributed by atoms with Gasteiger partial charge in [0.2, 0.25) is 0 Å². The number of ether oxygens (including phenoxy) is 1. The Balaban J connectivity index is 1.97. The van der Waals surface area contributed by atoms with E-state index in [2.05, 4.69) is 36.4 Å². The molecule has 0 aliphatic rings. The number of nitrogens with zero attached hydrogens (tertiary/aromatic N) is 1. The molecule has 0 aliphatic heterocycles. The monoisotopic (exact) mass is 287 g/mol. The zero-order valence-corrected chi connectivity index (χ0v) is 12.5. The van der Waals surface area contributed by atoms with Crippen molar-refractivity contribution >= 4 is 10.8 Å². The second-order valence-electron chi connectivity index (χ2n) is 5.30. The van der Waals surface area contributed by atoms with Crippen LogP contribution in [0.4, 0.5) is 0 Å². The molecule has 1 atom stereocenters. The molecule has 0 bridgehead atoms. The van der Waals surface area contributed by atoms with E-state index in [1.54, 1.807) is 7.11 Å². The highest BCUT2D eigenvalue weighted by Gasteiger charge is 2.14. The molecule has 1 unspecified atom stereocenters. The lowest BCUT2D eigenvalue weighted by molar-refractivity contribution is 0.414. The Kier molecular flexibility index (Phi) is 4.07. The van der Waals surface area contributed by atoms with Crippen LogP contribution in [-0.2, 0) is 6.42 Å². The molecule has 0 saturated carbocycles. The first kappa shape index (κ1) is 14.2. The number of rotatable bonds is 4. The Morgan fingerprint density at radius 3 is 2.59 bits per heavy atom. The van der Waals surface area contributed by atoms with Crippen LogP contribution < -0.4 is 4.74 Å². The van der Waals surface area contributed by atoms with Gasteiger partial charge in [0, 0.05) is 0 Å². The Labute approximate surface area is 130 Å². The molecule has 22 heavy (non-hydrogen) atoms. The van der Waals surface area contributed by atoms with Gasteiger partial charge in [0.1, 0.15) is 5.75 Å². The van der Waals surface area contributed by atoms with Crippen molar-refractivity contribution in [2.75, 3.05) is 7.11 Å². The number of methoxy groups -OCH3 is 1. The van der Waals surface area contributed by atoms with E-state index >= 15 is 0 Å². The number of nitriles is 1. The quantitative estimate of drug-likeness (QED) is 0.697. The van der Waals surface area contributed by atoms with Crippen LogP contribution in [0.25, 0.3) is 10.8 Å². The second kappa shape index (κ2) is 6.32. The highest BCUT2D eigenvalue weighted by molar-refractivity contribution is 5.85. The van der Waals surface area contributed by atoms with Gasteiger partial charge in [0.15, 0.2) is 0 Å². The molecule has 0 N–H and O–H groups in total. The summed E-state index contributed by atoms with van der Waals surface area (Å²) >= 11 is 0. The molecular weight excluding hydrogens is 270 g/mol. The minimum atomic E-state index is -0.180. The minimum absolute atomic E-state index is 0.180. The molecule has 108 valence electrons. The van der Waals surface area contributed by atoms with Crippen molar-refractivity contribution in [1.29, 1.82) is 5.26 Å². The summed E-state index contributed by atoms with van der Waals surface area (Å²) in [6, 6.07) is 24.7. The summed E-state index contributed by atoms with van der Waals surface area (Å²) < 4.78 is 5.26. The van der Waals surface area contributed by atoms with Crippen LogP contribution in [0, 0.1) is 11.3 Å². The first-order chi connectivity index (χ1) is 10.8. The molecule has 2 nitrogen and oxygen atoms in total. The smallest absolute Gasteiger partial charge is 0.119 e. The SMILES string of the molecule is COc1cccc(C(C#N)Cc2cccc3ccccc23)c1. The molecule has 3 rings (SSSR count). The van der Waals surface area contributed by atoms with Gasteiger partial charge in [-0.1, -0.05) is 54.6 Å². The van der Waals surface area contributed by atoms with Gasteiger partial charge in [-0.2, -0.15) is 5.26 Å². The highest BCUT2D eigenvalue weighted by Crippen LogP contribution is 2.27. The molecule has 0 saturated heterocycles. The van der Waals surface area contributed by atoms with Crippen molar-refractivity contribution in [2.24, 2.45) is 0 Å². The lowest BCUT2D eigenvalue weighted by Crippen LogP contribution is -2.01. The summed E-state index contributed by atoms with van der Waals surface area (Å²) in [5.41, 5.74) is 2.20. The first-order valence-corrected chi connectivity index (χ1v) is 7.32. The Bertz CT molecular complexity index is 827. The molecule has 2 heteroatoms. The largest absolute Gasteiger partial charge is 0.497 e. The third kappa shape index (κ3) is 2.80. The van der Waals surface area contributed by atoms with E-state index in [0.29, 0.717) is 6.42 Å². The van der Waals surface area contributed by atoms with E-state index in [4.69, 9.17) is 4.74 Å². The fourth-order valence-corrected chi connectivity index (χ4v) is 2.79. The number of fused-ring (bicyclic) bond motifs is 1. The van der Waals surface area contributed by atoms with Gasteiger partial charge in [-0.25, -0.2) is 0 Å². The topological polar surface area (TPSA) is 33.0 Å². The molecule has 3 aromatic carbocycles. The van der Waals surface area contributed by atoms with Crippen molar-refractivity contribution in [2.45, 2.75) is 12.3 Å². The summed E-state index contributed by atoms with van der Waals surface area (Å²) in [7, 11) is 1.64. The van der Waals surface area contributed by atoms with Gasteiger partial charge in [-0.15, -0.1) is 0 Å². The summed E-state index contributed by atoms with van der Waals surface area (Å²) in [4.78, 5) is 0. The van der Waals surface area contributed by atoms with Crippen LogP contribution in [0.2, 0.25) is 0 Å². The molecule has 0 fully saturated rings. The predicted molar refractivity (Wildman–Crippen MR) is 89.0 cm³/mol. The van der Waals surface area contributed by atoms with Gasteiger partial charge in [-0.3, -0.25) is 0 Å². The molecule has 0 radical (unpaired) electrons. The predicted octanol–water partition coefficient (Wildman–Crippen LogP) is 4.70. The first-order valence-electron chi connectivity index (χ1n) is 7.32. The van der Waals surface area contributed by atoms with E-state index in [-0.39, 0.29) is 5.92 Å². The normalized spacial score (nSPS) is 11.8. The maximum atomic E-state index is 9.59. The highest BCUT2D eigenvalue weighted by atomic mass is 16.5. The molecular formula is C20H17NO. The zero-order valence-electron chi connectivity index (χ0n) is 12.5. The summed E-state index contributed by atoms with van der Waals surface area (Å²) in [6.07, 6.45) is 0.699. The van der Waals surface area contributed by atoms with Crippen LogP contribution in [0.1, 0.15) is 17.0 Å². The van der Waals surface area contributed by atoms with E-state index in [0.717, 1.165) is 11.3 Å². The van der Waals surface area contributed by atoms with E-state index < -0.39 is 0 Å². The van der Waals surface area contributed by atoms with E-state index in [1.807, 2.05) is 36.4 Å². The lowest BCUT2D eigenvalue weighted by Gasteiger charge is -2.13. The van der Waals surface area contributed by atoms with Gasteiger partial charge < -0.3 is 4.74 Å². The van der Waals surface area contributed by atoms with Crippen molar-refractivity contribution in [3.63, 3.8) is 0 Å². The van der Waals surface area contributed by atoms with Crippen molar-refractivity contribution < 1.29 is 4.74 Å². The van der Waals surface area contributed by atoms with Gasteiger partial charge >= 0.3 is 0 Å². The Morgan fingerprint density at radius 1 is 1.00 bits per heavy atom. The summed E-state index contributed by atoms with van der Waals surface area (Å²) in [5.74, 6) is 0.608. The van der Waals surface area contributed by atoms with Crippen molar-refractivity contribution in [3.05, 3.63) is 77.9 Å². The number of hydrogen-bond donors (Lipinski definition) is 0. The molecule has 0 spiro atoms. The van der Waals surface area contributed by atoms with Crippen molar-refractivity contribution in [3.8, 4) is 11.8 Å². The van der Waals surface area contributed by atoms with Crippen LogP contribution in [0.15, 0.2) is 66.7 Å². The zero-order chi connectivity index (χ0) is 15.4. The van der Waals surface area contributed by atoms with E-state index in [9.17, 15) is 5.26 Å². The van der Waals surface area contributed by atoms with Crippen LogP contribution in [0.5, 0.6) is 5.75 Å². The second-order valence-corrected chi connectivity index (χ2v) is 5.30.